The molecule has 4 nitrogen and oxygen atoms in total. The number of H-pyrrole nitrogens is 1. The Morgan fingerprint density at radius 2 is 1.89 bits per heavy atom. The molecule has 7 heteroatoms. The molecule has 3 aromatic rings. The molecule has 0 saturated carbocycles. The molecule has 0 fully saturated rings. The maximum atomic E-state index is 13.7. The van der Waals surface area contributed by atoms with Gasteiger partial charge in [0.1, 0.15) is 17.6 Å². The number of alkyl halides is 3. The smallest absolute Gasteiger partial charge is 0.419 e. The van der Waals surface area contributed by atoms with Gasteiger partial charge in [-0.3, -0.25) is 5.73 Å². The second kappa shape index (κ2) is 7.83. The second-order valence-electron chi connectivity index (χ2n) is 7.50. The van der Waals surface area contributed by atoms with Crippen molar-refractivity contribution in [3.8, 4) is 16.9 Å². The Morgan fingerprint density at radius 1 is 1.14 bits per heavy atom. The quantitative estimate of drug-likeness (QED) is 0.538. The van der Waals surface area contributed by atoms with Gasteiger partial charge in [-0.05, 0) is 47.7 Å². The first-order valence-electron chi connectivity index (χ1n) is 9.22. The zero-order chi connectivity index (χ0) is 20.5. The van der Waals surface area contributed by atoms with Crippen LogP contribution in [-0.4, -0.2) is 16.2 Å². The van der Waals surface area contributed by atoms with Crippen molar-refractivity contribution in [2.75, 3.05) is 0 Å². The lowest BCUT2D eigenvalue weighted by molar-refractivity contribution is -0.139. The highest BCUT2D eigenvalue weighted by Gasteiger charge is 2.35. The topological polar surface area (TPSA) is 63.9 Å². The number of aromatic nitrogens is 2. The molecular weight excluding hydrogens is 367 g/mol. The summed E-state index contributed by atoms with van der Waals surface area (Å²) in [7, 11) is 0. The van der Waals surface area contributed by atoms with Crippen LogP contribution < -0.4 is 10.5 Å². The van der Waals surface area contributed by atoms with Crippen molar-refractivity contribution in [3.05, 3.63) is 48.3 Å². The van der Waals surface area contributed by atoms with E-state index in [0.29, 0.717) is 22.7 Å². The summed E-state index contributed by atoms with van der Waals surface area (Å²) in [5, 5.41) is 0.756. The maximum Gasteiger partial charge on any atom is 0.419 e. The standard InChI is InChI=1S/C21H24F3N3O/c1-12(2)10-13(3)19(25)28-18-5-4-14(11-17(18)21(22,23)24)15-6-8-26-20-16(15)7-9-27-20/h4-9,11-13,19H,10,25H2,1-3H3,(H,26,27)/t13?,19-/m0/s1. The molecule has 0 bridgehead atoms. The molecule has 28 heavy (non-hydrogen) atoms. The molecule has 1 aromatic carbocycles. The molecule has 0 aliphatic rings. The fourth-order valence-electron chi connectivity index (χ4n) is 3.37. The van der Waals surface area contributed by atoms with E-state index in [-0.39, 0.29) is 11.7 Å². The lowest BCUT2D eigenvalue weighted by Crippen LogP contribution is -2.35. The van der Waals surface area contributed by atoms with Gasteiger partial charge in [0.25, 0.3) is 0 Å². The monoisotopic (exact) mass is 391 g/mol. The number of pyridine rings is 1. The molecule has 0 amide bonds. The number of nitrogens with one attached hydrogen (secondary N) is 1. The largest absolute Gasteiger partial charge is 0.475 e. The van der Waals surface area contributed by atoms with Crippen LogP contribution in [0.1, 0.15) is 32.8 Å². The van der Waals surface area contributed by atoms with Crippen LogP contribution in [0.3, 0.4) is 0 Å². The average molecular weight is 391 g/mol. The second-order valence-corrected chi connectivity index (χ2v) is 7.50. The molecule has 0 radical (unpaired) electrons. The van der Waals surface area contributed by atoms with Gasteiger partial charge in [-0.25, -0.2) is 4.98 Å². The Labute approximate surface area is 161 Å². The van der Waals surface area contributed by atoms with Gasteiger partial charge in [-0.2, -0.15) is 13.2 Å². The molecule has 0 saturated heterocycles. The zero-order valence-electron chi connectivity index (χ0n) is 16.0. The first-order chi connectivity index (χ1) is 13.2. The number of nitrogens with zero attached hydrogens (tertiary/aromatic N) is 1. The number of halogens is 3. The third-order valence-electron chi connectivity index (χ3n) is 4.72. The highest BCUT2D eigenvalue weighted by molar-refractivity contribution is 5.93. The van der Waals surface area contributed by atoms with Crippen LogP contribution in [0.2, 0.25) is 0 Å². The fraction of sp³-hybridized carbons (Fsp3) is 0.381. The summed E-state index contributed by atoms with van der Waals surface area (Å²) in [6, 6.07) is 7.56. The third kappa shape index (κ3) is 4.30. The summed E-state index contributed by atoms with van der Waals surface area (Å²) in [6.07, 6.45) is -1.33. The van der Waals surface area contributed by atoms with E-state index in [1.165, 1.54) is 6.07 Å². The van der Waals surface area contributed by atoms with Gasteiger partial charge >= 0.3 is 6.18 Å². The van der Waals surface area contributed by atoms with Gasteiger partial charge < -0.3 is 9.72 Å². The van der Waals surface area contributed by atoms with E-state index in [1.54, 1.807) is 30.6 Å². The minimum absolute atomic E-state index is 0.0690. The molecule has 0 aliphatic heterocycles. The molecule has 0 aliphatic carbocycles. The van der Waals surface area contributed by atoms with E-state index in [0.717, 1.165) is 17.9 Å². The van der Waals surface area contributed by atoms with E-state index in [4.69, 9.17) is 10.5 Å². The number of hydrogen-bond acceptors (Lipinski definition) is 3. The van der Waals surface area contributed by atoms with Crippen molar-refractivity contribution < 1.29 is 17.9 Å². The molecule has 1 unspecified atom stereocenters. The molecular formula is C21H24F3N3O. The number of nitrogens with two attached hydrogens (primary N) is 1. The molecule has 2 atom stereocenters. The molecule has 3 rings (SSSR count). The van der Waals surface area contributed by atoms with Crippen LogP contribution in [0, 0.1) is 11.8 Å². The molecule has 3 N–H and O–H groups in total. The lowest BCUT2D eigenvalue weighted by Gasteiger charge is -2.24. The molecule has 2 heterocycles. The first kappa shape index (κ1) is 20.2. The fourth-order valence-corrected chi connectivity index (χ4v) is 3.37. The van der Waals surface area contributed by atoms with E-state index < -0.39 is 18.0 Å². The highest BCUT2D eigenvalue weighted by Crippen LogP contribution is 2.40. The minimum Gasteiger partial charge on any atom is -0.475 e. The number of rotatable bonds is 6. The molecule has 150 valence electrons. The Balaban J connectivity index is 1.98. The number of fused-ring (bicyclic) bond motifs is 1. The zero-order valence-corrected chi connectivity index (χ0v) is 16.0. The van der Waals surface area contributed by atoms with Gasteiger partial charge in [-0.15, -0.1) is 0 Å². The Kier molecular flexibility index (Phi) is 5.65. The van der Waals surface area contributed by atoms with Gasteiger partial charge in [0.15, 0.2) is 0 Å². The van der Waals surface area contributed by atoms with Crippen molar-refractivity contribution >= 4 is 11.0 Å². The van der Waals surface area contributed by atoms with Gasteiger partial charge in [0.05, 0.1) is 5.56 Å². The Bertz CT molecular complexity index is 949. The number of aromatic amines is 1. The van der Waals surface area contributed by atoms with Crippen LogP contribution >= 0.6 is 0 Å². The van der Waals surface area contributed by atoms with E-state index in [1.807, 2.05) is 20.8 Å². The van der Waals surface area contributed by atoms with Crippen molar-refractivity contribution in [1.29, 1.82) is 0 Å². The van der Waals surface area contributed by atoms with Crippen molar-refractivity contribution in [3.63, 3.8) is 0 Å². The van der Waals surface area contributed by atoms with Crippen molar-refractivity contribution in [2.45, 2.75) is 39.6 Å². The maximum absolute atomic E-state index is 13.7. The van der Waals surface area contributed by atoms with Crippen molar-refractivity contribution in [2.24, 2.45) is 17.6 Å². The van der Waals surface area contributed by atoms with Gasteiger partial charge in [0.2, 0.25) is 0 Å². The van der Waals surface area contributed by atoms with E-state index in [9.17, 15) is 13.2 Å². The average Bonchev–Trinajstić information content (AvgIpc) is 3.09. The van der Waals surface area contributed by atoms with Crippen LogP contribution in [0.4, 0.5) is 13.2 Å². The highest BCUT2D eigenvalue weighted by atomic mass is 19.4. The van der Waals surface area contributed by atoms with Gasteiger partial charge in [0, 0.05) is 23.7 Å². The summed E-state index contributed by atoms with van der Waals surface area (Å²) >= 11 is 0. The van der Waals surface area contributed by atoms with Crippen molar-refractivity contribution in [1.82, 2.24) is 9.97 Å². The SMILES string of the molecule is CC(C)CC(C)[C@@H](N)Oc1ccc(-c2ccnc3[nH]ccc23)cc1C(F)(F)F. The normalized spacial score (nSPS) is 14.4. The van der Waals surface area contributed by atoms with Crippen LogP contribution in [-0.2, 0) is 6.18 Å². The summed E-state index contributed by atoms with van der Waals surface area (Å²) in [5.41, 5.74) is 6.91. The Morgan fingerprint density at radius 3 is 2.57 bits per heavy atom. The number of benzene rings is 1. The molecule has 2 aromatic heterocycles. The lowest BCUT2D eigenvalue weighted by atomic mass is 9.97. The summed E-state index contributed by atoms with van der Waals surface area (Å²) < 4.78 is 46.7. The van der Waals surface area contributed by atoms with Crippen LogP contribution in [0.5, 0.6) is 5.75 Å². The summed E-state index contributed by atoms with van der Waals surface area (Å²) in [4.78, 5) is 7.14. The first-order valence-corrected chi connectivity index (χ1v) is 9.22. The minimum atomic E-state index is -4.56. The third-order valence-corrected chi connectivity index (χ3v) is 4.72. The summed E-state index contributed by atoms with van der Waals surface area (Å²) in [6.45, 7) is 5.96. The summed E-state index contributed by atoms with van der Waals surface area (Å²) in [5.74, 6) is 0.0590. The van der Waals surface area contributed by atoms with E-state index in [2.05, 4.69) is 9.97 Å². The Hall–Kier alpha value is -2.54. The van der Waals surface area contributed by atoms with Crippen LogP contribution in [0.25, 0.3) is 22.2 Å². The predicted octanol–water partition coefficient (Wildman–Crippen LogP) is 5.59. The number of hydrogen-bond donors (Lipinski definition) is 2. The van der Waals surface area contributed by atoms with Gasteiger partial charge in [-0.1, -0.05) is 26.8 Å². The predicted molar refractivity (Wildman–Crippen MR) is 104 cm³/mol. The van der Waals surface area contributed by atoms with E-state index >= 15 is 0 Å². The van der Waals surface area contributed by atoms with Crippen LogP contribution in [0.15, 0.2) is 42.7 Å². The molecule has 0 spiro atoms. The number of ether oxygens (including phenoxy) is 1.